The zero-order chi connectivity index (χ0) is 13.7. The Kier molecular flexibility index (Phi) is 4.13. The zero-order valence-electron chi connectivity index (χ0n) is 10.8. The fraction of sp³-hybridized carbons (Fsp3) is 0.200. The highest BCUT2D eigenvalue weighted by Gasteiger charge is 2.19. The maximum Gasteiger partial charge on any atom is 0.360 e. The van der Waals surface area contributed by atoms with Gasteiger partial charge in [-0.3, -0.25) is 0 Å². The van der Waals surface area contributed by atoms with Gasteiger partial charge < -0.3 is 9.15 Å². The van der Waals surface area contributed by atoms with E-state index in [0.29, 0.717) is 24.7 Å². The Bertz CT molecular complexity index is 572. The van der Waals surface area contributed by atoms with Gasteiger partial charge in [-0.1, -0.05) is 36.9 Å². The van der Waals surface area contributed by atoms with Crippen LogP contribution in [-0.2, 0) is 11.2 Å². The van der Waals surface area contributed by atoms with E-state index in [9.17, 15) is 4.79 Å². The van der Waals surface area contributed by atoms with Crippen LogP contribution in [0.15, 0.2) is 41.3 Å². The minimum atomic E-state index is -0.486. The lowest BCUT2D eigenvalue weighted by Crippen LogP contribution is -2.06. The van der Waals surface area contributed by atoms with Crippen molar-refractivity contribution in [1.82, 2.24) is 4.98 Å². The Morgan fingerprint density at radius 2 is 2.16 bits per heavy atom. The molecule has 1 aromatic heterocycles. The number of hydrogen-bond donors (Lipinski definition) is 0. The standard InChI is InChI=1S/C15H15NO3/c1-3-12-14(15(17)18-4-2)16-13(19-12)10-11-8-6-5-7-9-11/h3,5-9H,1,4,10H2,2H3. The molecule has 0 saturated heterocycles. The first-order valence-corrected chi connectivity index (χ1v) is 6.07. The summed E-state index contributed by atoms with van der Waals surface area (Å²) >= 11 is 0. The molecule has 1 heterocycles. The molecule has 0 saturated carbocycles. The van der Waals surface area contributed by atoms with E-state index in [4.69, 9.17) is 9.15 Å². The second-order valence-corrected chi connectivity index (χ2v) is 3.91. The zero-order valence-corrected chi connectivity index (χ0v) is 10.8. The molecular formula is C15H15NO3. The maximum absolute atomic E-state index is 11.7. The summed E-state index contributed by atoms with van der Waals surface area (Å²) in [4.78, 5) is 15.9. The molecule has 0 bridgehead atoms. The Balaban J connectivity index is 2.24. The van der Waals surface area contributed by atoms with Crippen molar-refractivity contribution in [3.63, 3.8) is 0 Å². The van der Waals surface area contributed by atoms with E-state index in [1.165, 1.54) is 6.08 Å². The third-order valence-corrected chi connectivity index (χ3v) is 2.55. The minimum Gasteiger partial charge on any atom is -0.461 e. The summed E-state index contributed by atoms with van der Waals surface area (Å²) in [6.07, 6.45) is 1.99. The molecule has 2 rings (SSSR count). The molecule has 19 heavy (non-hydrogen) atoms. The highest BCUT2D eigenvalue weighted by atomic mass is 16.5. The number of carbonyl (C=O) groups excluding carboxylic acids is 1. The van der Waals surface area contributed by atoms with Gasteiger partial charge in [0.25, 0.3) is 0 Å². The molecule has 98 valence electrons. The van der Waals surface area contributed by atoms with Crippen LogP contribution in [0.3, 0.4) is 0 Å². The lowest BCUT2D eigenvalue weighted by Gasteiger charge is -1.97. The number of oxazole rings is 1. The smallest absolute Gasteiger partial charge is 0.360 e. The summed E-state index contributed by atoms with van der Waals surface area (Å²) in [6, 6.07) is 9.78. The third kappa shape index (κ3) is 3.10. The van der Waals surface area contributed by atoms with Crippen molar-refractivity contribution in [3.8, 4) is 0 Å². The normalized spacial score (nSPS) is 10.2. The molecule has 0 fully saturated rings. The van der Waals surface area contributed by atoms with Gasteiger partial charge >= 0.3 is 5.97 Å². The topological polar surface area (TPSA) is 52.3 Å². The molecular weight excluding hydrogens is 242 g/mol. The van der Waals surface area contributed by atoms with Crippen LogP contribution in [0.5, 0.6) is 0 Å². The average molecular weight is 257 g/mol. The van der Waals surface area contributed by atoms with Gasteiger partial charge in [0.05, 0.1) is 6.61 Å². The van der Waals surface area contributed by atoms with Crippen LogP contribution in [0.25, 0.3) is 6.08 Å². The summed E-state index contributed by atoms with van der Waals surface area (Å²) in [5.41, 5.74) is 1.25. The molecule has 4 nitrogen and oxygen atoms in total. The first-order valence-electron chi connectivity index (χ1n) is 6.07. The molecule has 0 aliphatic heterocycles. The van der Waals surface area contributed by atoms with Crippen molar-refractivity contribution in [3.05, 3.63) is 59.8 Å². The number of rotatable bonds is 5. The summed E-state index contributed by atoms with van der Waals surface area (Å²) in [5, 5.41) is 0. The maximum atomic E-state index is 11.7. The number of hydrogen-bond acceptors (Lipinski definition) is 4. The van der Waals surface area contributed by atoms with E-state index in [1.54, 1.807) is 6.92 Å². The molecule has 0 N–H and O–H groups in total. The molecule has 0 atom stereocenters. The molecule has 1 aromatic carbocycles. The number of benzene rings is 1. The van der Waals surface area contributed by atoms with Crippen LogP contribution in [0, 0.1) is 0 Å². The van der Waals surface area contributed by atoms with Gasteiger partial charge in [-0.25, -0.2) is 9.78 Å². The fourth-order valence-electron chi connectivity index (χ4n) is 1.71. The molecule has 0 amide bonds. The lowest BCUT2D eigenvalue weighted by atomic mass is 10.1. The Morgan fingerprint density at radius 1 is 1.42 bits per heavy atom. The summed E-state index contributed by atoms with van der Waals surface area (Å²) < 4.78 is 10.4. The summed E-state index contributed by atoms with van der Waals surface area (Å²) in [6.45, 7) is 5.66. The number of ether oxygens (including phenoxy) is 1. The van der Waals surface area contributed by atoms with E-state index < -0.39 is 5.97 Å². The molecule has 0 spiro atoms. The Hall–Kier alpha value is -2.36. The van der Waals surface area contributed by atoms with E-state index in [-0.39, 0.29) is 5.69 Å². The highest BCUT2D eigenvalue weighted by molar-refractivity contribution is 5.90. The van der Waals surface area contributed by atoms with Crippen molar-refractivity contribution in [2.24, 2.45) is 0 Å². The fourth-order valence-corrected chi connectivity index (χ4v) is 1.71. The number of nitrogens with zero attached hydrogens (tertiary/aromatic N) is 1. The average Bonchev–Trinajstić information content (AvgIpc) is 2.83. The van der Waals surface area contributed by atoms with Gasteiger partial charge in [-0.2, -0.15) is 0 Å². The third-order valence-electron chi connectivity index (χ3n) is 2.55. The van der Waals surface area contributed by atoms with Crippen LogP contribution in [-0.4, -0.2) is 17.6 Å². The van der Waals surface area contributed by atoms with Crippen molar-refractivity contribution < 1.29 is 13.9 Å². The van der Waals surface area contributed by atoms with Crippen LogP contribution in [0.2, 0.25) is 0 Å². The second-order valence-electron chi connectivity index (χ2n) is 3.91. The molecule has 4 heteroatoms. The highest BCUT2D eigenvalue weighted by Crippen LogP contribution is 2.16. The van der Waals surface area contributed by atoms with Gasteiger partial charge in [-0.15, -0.1) is 0 Å². The van der Waals surface area contributed by atoms with E-state index >= 15 is 0 Å². The van der Waals surface area contributed by atoms with Gasteiger partial charge in [0, 0.05) is 6.42 Å². The minimum absolute atomic E-state index is 0.183. The predicted octanol–water partition coefficient (Wildman–Crippen LogP) is 3.09. The first-order chi connectivity index (χ1) is 9.24. The monoisotopic (exact) mass is 257 g/mol. The van der Waals surface area contributed by atoms with Crippen LogP contribution in [0.1, 0.15) is 34.6 Å². The summed E-state index contributed by atoms with van der Waals surface area (Å²) in [5.74, 6) is 0.342. The van der Waals surface area contributed by atoms with Crippen molar-refractivity contribution in [1.29, 1.82) is 0 Å². The van der Waals surface area contributed by atoms with Crippen LogP contribution >= 0.6 is 0 Å². The quantitative estimate of drug-likeness (QED) is 0.772. The number of esters is 1. The number of carbonyl (C=O) groups is 1. The summed E-state index contributed by atoms with van der Waals surface area (Å²) in [7, 11) is 0. The van der Waals surface area contributed by atoms with E-state index in [0.717, 1.165) is 5.56 Å². The molecule has 0 aliphatic carbocycles. The van der Waals surface area contributed by atoms with E-state index in [2.05, 4.69) is 11.6 Å². The molecule has 2 aromatic rings. The number of aromatic nitrogens is 1. The first kappa shape index (κ1) is 13.1. The second kappa shape index (κ2) is 6.00. The lowest BCUT2D eigenvalue weighted by molar-refractivity contribution is 0.0519. The van der Waals surface area contributed by atoms with Gasteiger partial charge in [0.2, 0.25) is 0 Å². The molecule has 0 unspecified atom stereocenters. The predicted molar refractivity (Wildman–Crippen MR) is 71.8 cm³/mol. The van der Waals surface area contributed by atoms with E-state index in [1.807, 2.05) is 30.3 Å². The van der Waals surface area contributed by atoms with Crippen molar-refractivity contribution in [2.45, 2.75) is 13.3 Å². The van der Waals surface area contributed by atoms with Crippen LogP contribution < -0.4 is 0 Å². The Morgan fingerprint density at radius 3 is 2.79 bits per heavy atom. The van der Waals surface area contributed by atoms with Crippen molar-refractivity contribution in [2.75, 3.05) is 6.61 Å². The van der Waals surface area contributed by atoms with Gasteiger partial charge in [0.15, 0.2) is 17.3 Å². The molecule has 0 aliphatic rings. The van der Waals surface area contributed by atoms with Crippen molar-refractivity contribution >= 4 is 12.0 Å². The van der Waals surface area contributed by atoms with Crippen LogP contribution in [0.4, 0.5) is 0 Å². The van der Waals surface area contributed by atoms with Gasteiger partial charge in [0.1, 0.15) is 0 Å². The molecule has 0 radical (unpaired) electrons. The largest absolute Gasteiger partial charge is 0.461 e. The Labute approximate surface area is 111 Å². The van der Waals surface area contributed by atoms with Gasteiger partial charge in [-0.05, 0) is 18.6 Å². The SMILES string of the molecule is C=Cc1oc(Cc2ccccc2)nc1C(=O)OCC.